The molecule has 3 nitrogen and oxygen atoms in total. The van der Waals surface area contributed by atoms with Gasteiger partial charge in [-0.1, -0.05) is 0 Å². The summed E-state index contributed by atoms with van der Waals surface area (Å²) in [6.45, 7) is 0. The molecule has 0 bridgehead atoms. The lowest BCUT2D eigenvalue weighted by Gasteiger charge is -2.02. The minimum absolute atomic E-state index is 0.210. The number of benzene rings is 1. The molecule has 0 saturated heterocycles. The van der Waals surface area contributed by atoms with E-state index in [1.165, 1.54) is 19.5 Å². The van der Waals surface area contributed by atoms with Gasteiger partial charge in [0.05, 0.1) is 12.6 Å². The second kappa shape index (κ2) is 2.97. The second-order valence-electron chi connectivity index (χ2n) is 2.57. The van der Waals surface area contributed by atoms with Gasteiger partial charge in [-0.2, -0.15) is 0 Å². The van der Waals surface area contributed by atoms with Crippen LogP contribution in [0.15, 0.2) is 24.7 Å². The maximum absolute atomic E-state index is 13.1. The van der Waals surface area contributed by atoms with Crippen LogP contribution in [0.2, 0.25) is 0 Å². The fraction of sp³-hybridized carbons (Fsp3) is 0.111. The van der Waals surface area contributed by atoms with Gasteiger partial charge in [0.2, 0.25) is 0 Å². The molecule has 1 aromatic carbocycles. The van der Waals surface area contributed by atoms with Crippen molar-refractivity contribution in [2.45, 2.75) is 0 Å². The lowest BCUT2D eigenvalue weighted by molar-refractivity contribution is 0.387. The van der Waals surface area contributed by atoms with E-state index in [0.29, 0.717) is 5.52 Å². The first kappa shape index (κ1) is 7.91. The van der Waals surface area contributed by atoms with E-state index < -0.39 is 5.82 Å². The van der Waals surface area contributed by atoms with Crippen molar-refractivity contribution in [3.05, 3.63) is 30.5 Å². The molecule has 0 aliphatic carbocycles. The minimum atomic E-state index is -0.409. The van der Waals surface area contributed by atoms with Gasteiger partial charge < -0.3 is 4.74 Å². The molecule has 0 amide bonds. The number of methoxy groups -OCH3 is 1. The smallest absolute Gasteiger partial charge is 0.167 e. The van der Waals surface area contributed by atoms with Crippen LogP contribution in [0, 0.1) is 5.82 Å². The van der Waals surface area contributed by atoms with Gasteiger partial charge in [0.25, 0.3) is 0 Å². The molecule has 0 saturated carbocycles. The predicted molar refractivity (Wildman–Crippen MR) is 46.0 cm³/mol. The summed E-state index contributed by atoms with van der Waals surface area (Å²) in [5.74, 6) is -0.198. The predicted octanol–water partition coefficient (Wildman–Crippen LogP) is 1.78. The second-order valence-corrected chi connectivity index (χ2v) is 2.57. The average molecular weight is 178 g/mol. The molecule has 2 rings (SSSR count). The maximum Gasteiger partial charge on any atom is 0.167 e. The van der Waals surface area contributed by atoms with Gasteiger partial charge >= 0.3 is 0 Å². The third kappa shape index (κ3) is 1.30. The van der Waals surface area contributed by atoms with E-state index in [9.17, 15) is 4.39 Å². The third-order valence-electron chi connectivity index (χ3n) is 1.78. The Morgan fingerprint density at radius 3 is 3.00 bits per heavy atom. The van der Waals surface area contributed by atoms with E-state index in [1.54, 1.807) is 12.3 Å². The first-order valence-electron chi connectivity index (χ1n) is 3.74. The Hall–Kier alpha value is -1.71. The number of hydrogen-bond donors (Lipinski definition) is 0. The number of nitrogens with zero attached hydrogens (tertiary/aromatic N) is 2. The van der Waals surface area contributed by atoms with Crippen LogP contribution in [-0.2, 0) is 0 Å². The average Bonchev–Trinajstić information content (AvgIpc) is 2.17. The normalized spacial score (nSPS) is 10.3. The Balaban J connectivity index is 2.74. The van der Waals surface area contributed by atoms with E-state index in [-0.39, 0.29) is 5.75 Å². The van der Waals surface area contributed by atoms with E-state index in [2.05, 4.69) is 9.97 Å². The molecule has 0 aliphatic rings. The van der Waals surface area contributed by atoms with Crippen molar-refractivity contribution in [1.82, 2.24) is 9.97 Å². The number of ether oxygens (including phenoxy) is 1. The molecule has 0 spiro atoms. The molecule has 2 aromatic rings. The Labute approximate surface area is 74.2 Å². The summed E-state index contributed by atoms with van der Waals surface area (Å²) >= 11 is 0. The molecular formula is C9H7FN2O. The van der Waals surface area contributed by atoms with Crippen LogP contribution in [0.25, 0.3) is 10.9 Å². The van der Waals surface area contributed by atoms with Gasteiger partial charge in [-0.3, -0.25) is 0 Å². The highest BCUT2D eigenvalue weighted by atomic mass is 19.1. The zero-order chi connectivity index (χ0) is 9.26. The first-order valence-corrected chi connectivity index (χ1v) is 3.74. The largest absolute Gasteiger partial charge is 0.494 e. The number of hydrogen-bond acceptors (Lipinski definition) is 3. The van der Waals surface area contributed by atoms with Gasteiger partial charge in [0.1, 0.15) is 6.33 Å². The van der Waals surface area contributed by atoms with Crippen LogP contribution in [0.4, 0.5) is 4.39 Å². The van der Waals surface area contributed by atoms with Gasteiger partial charge in [-0.05, 0) is 6.07 Å². The van der Waals surface area contributed by atoms with Gasteiger partial charge in [-0.15, -0.1) is 0 Å². The highest BCUT2D eigenvalue weighted by Gasteiger charge is 2.04. The molecule has 0 fully saturated rings. The van der Waals surface area contributed by atoms with Gasteiger partial charge in [0.15, 0.2) is 11.6 Å². The zero-order valence-electron chi connectivity index (χ0n) is 6.99. The SMILES string of the molecule is COc1cc2cncnc2cc1F. The van der Waals surface area contributed by atoms with Gasteiger partial charge in [0, 0.05) is 17.6 Å². The zero-order valence-corrected chi connectivity index (χ0v) is 6.99. The number of halogens is 1. The molecule has 4 heteroatoms. The molecule has 0 atom stereocenters. The number of rotatable bonds is 1. The highest BCUT2D eigenvalue weighted by Crippen LogP contribution is 2.22. The van der Waals surface area contributed by atoms with Crippen molar-refractivity contribution < 1.29 is 9.13 Å². The van der Waals surface area contributed by atoms with Crippen molar-refractivity contribution in [3.63, 3.8) is 0 Å². The highest BCUT2D eigenvalue weighted by molar-refractivity contribution is 5.79. The van der Waals surface area contributed by atoms with E-state index in [1.807, 2.05) is 0 Å². The van der Waals surface area contributed by atoms with Gasteiger partial charge in [-0.25, -0.2) is 14.4 Å². The summed E-state index contributed by atoms with van der Waals surface area (Å²) in [6, 6.07) is 2.90. The topological polar surface area (TPSA) is 35.0 Å². The quantitative estimate of drug-likeness (QED) is 0.667. The minimum Gasteiger partial charge on any atom is -0.494 e. The van der Waals surface area contributed by atoms with Crippen LogP contribution >= 0.6 is 0 Å². The number of fused-ring (bicyclic) bond motifs is 1. The summed E-state index contributed by atoms with van der Waals surface area (Å²) in [7, 11) is 1.42. The van der Waals surface area contributed by atoms with Crippen LogP contribution in [-0.4, -0.2) is 17.1 Å². The Morgan fingerprint density at radius 2 is 2.23 bits per heavy atom. The molecule has 1 heterocycles. The number of aromatic nitrogens is 2. The first-order chi connectivity index (χ1) is 6.31. The Kier molecular flexibility index (Phi) is 1.81. The molecule has 0 N–H and O–H groups in total. The standard InChI is InChI=1S/C9H7FN2O/c1-13-9-2-6-4-11-5-12-8(6)3-7(9)10/h2-5H,1H3. The van der Waals surface area contributed by atoms with Crippen molar-refractivity contribution in [2.24, 2.45) is 0 Å². The summed E-state index contributed by atoms with van der Waals surface area (Å²) in [6.07, 6.45) is 3.00. The lowest BCUT2D eigenvalue weighted by atomic mass is 10.2. The molecule has 1 aromatic heterocycles. The Bertz CT molecular complexity index is 445. The van der Waals surface area contributed by atoms with Crippen LogP contribution in [0.5, 0.6) is 5.75 Å². The fourth-order valence-electron chi connectivity index (χ4n) is 1.14. The summed E-state index contributed by atoms with van der Waals surface area (Å²) in [5.41, 5.74) is 0.577. The molecule has 66 valence electrons. The molecule has 0 radical (unpaired) electrons. The molecule has 0 aliphatic heterocycles. The Morgan fingerprint density at radius 1 is 1.38 bits per heavy atom. The third-order valence-corrected chi connectivity index (χ3v) is 1.78. The summed E-state index contributed by atoms with van der Waals surface area (Å²) in [5, 5.41) is 0.765. The monoisotopic (exact) mass is 178 g/mol. The van der Waals surface area contributed by atoms with Crippen molar-refractivity contribution in [1.29, 1.82) is 0 Å². The van der Waals surface area contributed by atoms with Crippen molar-refractivity contribution >= 4 is 10.9 Å². The van der Waals surface area contributed by atoms with Crippen LogP contribution in [0.3, 0.4) is 0 Å². The van der Waals surface area contributed by atoms with E-state index >= 15 is 0 Å². The summed E-state index contributed by atoms with van der Waals surface area (Å²) in [4.78, 5) is 7.74. The van der Waals surface area contributed by atoms with Crippen LogP contribution < -0.4 is 4.74 Å². The maximum atomic E-state index is 13.1. The van der Waals surface area contributed by atoms with E-state index in [4.69, 9.17) is 4.74 Å². The summed E-state index contributed by atoms with van der Waals surface area (Å²) < 4.78 is 18.0. The lowest BCUT2D eigenvalue weighted by Crippen LogP contribution is -1.89. The molecule has 0 unspecified atom stereocenters. The van der Waals surface area contributed by atoms with Crippen LogP contribution in [0.1, 0.15) is 0 Å². The molecule has 13 heavy (non-hydrogen) atoms. The fourth-order valence-corrected chi connectivity index (χ4v) is 1.14. The molecular weight excluding hydrogens is 171 g/mol. The van der Waals surface area contributed by atoms with Crippen molar-refractivity contribution in [3.8, 4) is 5.75 Å². The van der Waals surface area contributed by atoms with Crippen molar-refractivity contribution in [2.75, 3.05) is 7.11 Å². The van der Waals surface area contributed by atoms with E-state index in [0.717, 1.165) is 5.39 Å².